The summed E-state index contributed by atoms with van der Waals surface area (Å²) >= 11 is 9.03. The highest BCUT2D eigenvalue weighted by molar-refractivity contribution is 8.01. The topological polar surface area (TPSA) is 33.1 Å². The minimum atomic E-state index is -0.00670. The molecule has 84 valence electrons. The molecular formula is C11H10ClNOS2. The number of rotatable bonds is 3. The minimum Gasteiger partial charge on any atom is -0.392 e. The fourth-order valence-corrected chi connectivity index (χ4v) is 3.33. The number of aryl methyl sites for hydroxylation is 1. The molecule has 1 heterocycles. The smallest absolute Gasteiger partial charge is 0.154 e. The van der Waals surface area contributed by atoms with E-state index in [2.05, 4.69) is 4.98 Å². The second-order valence-electron chi connectivity index (χ2n) is 3.27. The van der Waals surface area contributed by atoms with E-state index in [0.29, 0.717) is 5.02 Å². The molecular weight excluding hydrogens is 262 g/mol. The van der Waals surface area contributed by atoms with E-state index in [1.54, 1.807) is 29.2 Å². The third-order valence-electron chi connectivity index (χ3n) is 1.99. The van der Waals surface area contributed by atoms with Crippen LogP contribution in [0.15, 0.2) is 32.8 Å². The van der Waals surface area contributed by atoms with Gasteiger partial charge in [0.25, 0.3) is 0 Å². The summed E-state index contributed by atoms with van der Waals surface area (Å²) in [5, 5.41) is 11.9. The number of aromatic nitrogens is 1. The van der Waals surface area contributed by atoms with Gasteiger partial charge in [0.2, 0.25) is 0 Å². The number of benzene rings is 1. The summed E-state index contributed by atoms with van der Waals surface area (Å²) in [6.45, 7) is 1.96. The number of hydrogen-bond donors (Lipinski definition) is 1. The Morgan fingerprint density at radius 1 is 1.50 bits per heavy atom. The first-order valence-corrected chi connectivity index (χ1v) is 6.75. The first-order valence-electron chi connectivity index (χ1n) is 4.68. The number of halogens is 1. The number of aliphatic hydroxyl groups is 1. The van der Waals surface area contributed by atoms with Gasteiger partial charge in [-0.15, -0.1) is 11.3 Å². The van der Waals surface area contributed by atoms with Crippen LogP contribution in [0, 0.1) is 6.92 Å². The van der Waals surface area contributed by atoms with E-state index in [1.807, 2.05) is 24.4 Å². The summed E-state index contributed by atoms with van der Waals surface area (Å²) in [4.78, 5) is 5.37. The molecule has 2 nitrogen and oxygen atoms in total. The molecule has 0 spiro atoms. The van der Waals surface area contributed by atoms with Gasteiger partial charge in [-0.1, -0.05) is 23.4 Å². The van der Waals surface area contributed by atoms with Crippen molar-refractivity contribution in [3.8, 4) is 0 Å². The van der Waals surface area contributed by atoms with Gasteiger partial charge < -0.3 is 5.11 Å². The van der Waals surface area contributed by atoms with E-state index in [0.717, 1.165) is 20.5 Å². The maximum atomic E-state index is 9.24. The molecule has 1 aromatic carbocycles. The van der Waals surface area contributed by atoms with Gasteiger partial charge in [-0.05, 0) is 30.7 Å². The van der Waals surface area contributed by atoms with Crippen LogP contribution in [-0.2, 0) is 6.61 Å². The van der Waals surface area contributed by atoms with Gasteiger partial charge in [-0.25, -0.2) is 4.98 Å². The maximum absolute atomic E-state index is 9.24. The fraction of sp³-hybridized carbons (Fsp3) is 0.182. The number of hydrogen-bond acceptors (Lipinski definition) is 4. The highest BCUT2D eigenvalue weighted by Crippen LogP contribution is 2.33. The van der Waals surface area contributed by atoms with Gasteiger partial charge in [-0.2, -0.15) is 0 Å². The normalized spacial score (nSPS) is 10.7. The molecule has 0 aliphatic carbocycles. The van der Waals surface area contributed by atoms with Crippen molar-refractivity contribution in [1.82, 2.24) is 4.98 Å². The Hall–Kier alpha value is -0.550. The van der Waals surface area contributed by atoms with Gasteiger partial charge in [0, 0.05) is 21.0 Å². The summed E-state index contributed by atoms with van der Waals surface area (Å²) in [5.41, 5.74) is 1.86. The summed E-state index contributed by atoms with van der Waals surface area (Å²) in [7, 11) is 0. The Morgan fingerprint density at radius 3 is 2.94 bits per heavy atom. The van der Waals surface area contributed by atoms with Crippen LogP contribution in [0.25, 0.3) is 0 Å². The van der Waals surface area contributed by atoms with Crippen LogP contribution in [0.2, 0.25) is 5.02 Å². The Morgan fingerprint density at radius 2 is 2.31 bits per heavy atom. The van der Waals surface area contributed by atoms with Crippen LogP contribution in [0.3, 0.4) is 0 Å². The lowest BCUT2D eigenvalue weighted by atomic mass is 10.2. The fourth-order valence-electron chi connectivity index (χ4n) is 1.24. The van der Waals surface area contributed by atoms with Crippen LogP contribution < -0.4 is 0 Å². The van der Waals surface area contributed by atoms with Crippen molar-refractivity contribution in [1.29, 1.82) is 0 Å². The molecule has 0 amide bonds. The van der Waals surface area contributed by atoms with E-state index in [9.17, 15) is 5.11 Å². The molecule has 0 saturated heterocycles. The maximum Gasteiger partial charge on any atom is 0.154 e. The molecule has 0 saturated carbocycles. The molecule has 0 atom stereocenters. The van der Waals surface area contributed by atoms with Crippen molar-refractivity contribution in [3.63, 3.8) is 0 Å². The predicted molar refractivity (Wildman–Crippen MR) is 68.3 cm³/mol. The average molecular weight is 272 g/mol. The van der Waals surface area contributed by atoms with Crippen LogP contribution in [0.1, 0.15) is 11.3 Å². The summed E-state index contributed by atoms with van der Waals surface area (Å²) in [6.07, 6.45) is 0. The molecule has 0 fully saturated rings. The highest BCUT2D eigenvalue weighted by atomic mass is 35.5. The Balaban J connectivity index is 2.27. The lowest BCUT2D eigenvalue weighted by Gasteiger charge is -2.05. The van der Waals surface area contributed by atoms with Crippen molar-refractivity contribution >= 4 is 34.7 Å². The van der Waals surface area contributed by atoms with Crippen LogP contribution in [0.5, 0.6) is 0 Å². The predicted octanol–water partition coefficient (Wildman–Crippen LogP) is 3.75. The van der Waals surface area contributed by atoms with E-state index < -0.39 is 0 Å². The van der Waals surface area contributed by atoms with E-state index in [4.69, 9.17) is 11.6 Å². The van der Waals surface area contributed by atoms with E-state index in [1.165, 1.54) is 0 Å². The number of thiazole rings is 1. The average Bonchev–Trinajstić information content (AvgIpc) is 2.67. The molecule has 5 heteroatoms. The zero-order valence-corrected chi connectivity index (χ0v) is 11.0. The lowest BCUT2D eigenvalue weighted by Crippen LogP contribution is -1.87. The number of aliphatic hydroxyl groups excluding tert-OH is 1. The zero-order valence-electron chi connectivity index (χ0n) is 8.61. The quantitative estimate of drug-likeness (QED) is 0.923. The molecule has 0 radical (unpaired) electrons. The SMILES string of the molecule is Cc1csc(Sc2ccc(Cl)cc2CO)n1. The van der Waals surface area contributed by atoms with E-state index >= 15 is 0 Å². The number of nitrogens with zero attached hydrogens (tertiary/aromatic N) is 1. The second-order valence-corrected chi connectivity index (χ2v) is 5.85. The van der Waals surface area contributed by atoms with Gasteiger partial charge in [-0.3, -0.25) is 0 Å². The van der Waals surface area contributed by atoms with Gasteiger partial charge >= 0.3 is 0 Å². The van der Waals surface area contributed by atoms with Gasteiger partial charge in [0.1, 0.15) is 0 Å². The molecule has 2 aromatic rings. The van der Waals surface area contributed by atoms with E-state index in [-0.39, 0.29) is 6.61 Å². The molecule has 1 aromatic heterocycles. The summed E-state index contributed by atoms with van der Waals surface area (Å²) < 4.78 is 0.981. The molecule has 0 aliphatic rings. The van der Waals surface area contributed by atoms with Crippen molar-refractivity contribution in [2.75, 3.05) is 0 Å². The van der Waals surface area contributed by atoms with Crippen molar-refractivity contribution in [2.24, 2.45) is 0 Å². The minimum absolute atomic E-state index is 0.00670. The summed E-state index contributed by atoms with van der Waals surface area (Å²) in [5.74, 6) is 0. The third-order valence-corrected chi connectivity index (χ3v) is 4.40. The Kier molecular flexibility index (Phi) is 3.86. The van der Waals surface area contributed by atoms with Crippen molar-refractivity contribution in [3.05, 3.63) is 39.9 Å². The molecule has 0 aliphatic heterocycles. The van der Waals surface area contributed by atoms with Crippen LogP contribution >= 0.6 is 34.7 Å². The van der Waals surface area contributed by atoms with Crippen LogP contribution in [-0.4, -0.2) is 10.1 Å². The standard InChI is InChI=1S/C11H10ClNOS2/c1-7-6-15-11(13-7)16-10-3-2-9(12)4-8(10)5-14/h2-4,6,14H,5H2,1H3. The molecule has 0 unspecified atom stereocenters. The molecule has 16 heavy (non-hydrogen) atoms. The molecule has 2 rings (SSSR count). The van der Waals surface area contributed by atoms with Crippen LogP contribution in [0.4, 0.5) is 0 Å². The first kappa shape index (κ1) is 11.9. The monoisotopic (exact) mass is 271 g/mol. The lowest BCUT2D eigenvalue weighted by molar-refractivity contribution is 0.279. The first-order chi connectivity index (χ1) is 7.69. The largest absolute Gasteiger partial charge is 0.392 e. The van der Waals surface area contributed by atoms with Crippen molar-refractivity contribution < 1.29 is 5.11 Å². The Labute approximate surface area is 107 Å². The molecule has 1 N–H and O–H groups in total. The Bertz CT molecular complexity index is 498. The third kappa shape index (κ3) is 2.77. The summed E-state index contributed by atoms with van der Waals surface area (Å²) in [6, 6.07) is 5.52. The van der Waals surface area contributed by atoms with Gasteiger partial charge in [0.05, 0.1) is 6.61 Å². The molecule has 0 bridgehead atoms. The zero-order chi connectivity index (χ0) is 11.5. The highest BCUT2D eigenvalue weighted by Gasteiger charge is 2.07. The second kappa shape index (κ2) is 5.19. The van der Waals surface area contributed by atoms with Gasteiger partial charge in [0.15, 0.2) is 4.34 Å². The van der Waals surface area contributed by atoms with Crippen molar-refractivity contribution in [2.45, 2.75) is 22.8 Å².